The van der Waals surface area contributed by atoms with Crippen molar-refractivity contribution in [1.29, 1.82) is 0 Å². The highest BCUT2D eigenvalue weighted by atomic mass is 35.5. The Morgan fingerprint density at radius 2 is 1.65 bits per heavy atom. The second-order valence-corrected chi connectivity index (χ2v) is 9.41. The lowest BCUT2D eigenvalue weighted by molar-refractivity contribution is -0.211. The van der Waals surface area contributed by atoms with Gasteiger partial charge in [0, 0.05) is 5.41 Å². The third kappa shape index (κ3) is 3.69. The van der Waals surface area contributed by atoms with Crippen molar-refractivity contribution in [3.05, 3.63) is 0 Å². The van der Waals surface area contributed by atoms with Crippen LogP contribution in [-0.2, 0) is 19.0 Å². The average molecular weight is 385 g/mol. The quantitative estimate of drug-likeness (QED) is 0.503. The molecule has 2 unspecified atom stereocenters. The number of carbonyl (C=O) groups excluding carboxylic acids is 2. The van der Waals surface area contributed by atoms with Crippen LogP contribution < -0.4 is 0 Å². The molecule has 5 rings (SSSR count). The Hall–Kier alpha value is -0.970. The number of halogens is 1. The monoisotopic (exact) mass is 384 g/mol. The van der Waals surface area contributed by atoms with E-state index in [1.165, 1.54) is 12.8 Å². The zero-order valence-corrected chi connectivity index (χ0v) is 16.1. The molecule has 0 amide bonds. The molecule has 0 radical (unpaired) electrons. The summed E-state index contributed by atoms with van der Waals surface area (Å²) < 4.78 is 16.3. The van der Waals surface area contributed by atoms with Crippen molar-refractivity contribution in [2.24, 2.45) is 23.2 Å². The van der Waals surface area contributed by atoms with E-state index in [9.17, 15) is 9.59 Å². The summed E-state index contributed by atoms with van der Waals surface area (Å²) in [5, 5.41) is 0. The number of ether oxygens (including phenoxy) is 3. The molecule has 6 heteroatoms. The van der Waals surface area contributed by atoms with E-state index >= 15 is 0 Å². The van der Waals surface area contributed by atoms with Gasteiger partial charge in [0.1, 0.15) is 12.2 Å². The van der Waals surface area contributed by atoms with Crippen molar-refractivity contribution >= 4 is 23.7 Å². The minimum absolute atomic E-state index is 0.0178. The number of esters is 1. The minimum Gasteiger partial charge on any atom is -0.459 e. The van der Waals surface area contributed by atoms with Gasteiger partial charge in [0.15, 0.2) is 6.07 Å². The van der Waals surface area contributed by atoms with Gasteiger partial charge in [-0.05, 0) is 63.2 Å². The minimum atomic E-state index is -0.705. The van der Waals surface area contributed by atoms with E-state index in [1.54, 1.807) is 0 Å². The van der Waals surface area contributed by atoms with Crippen molar-refractivity contribution < 1.29 is 23.8 Å². The SMILES string of the molecule is O=C(OCCl)OCC12CC3CC(C1)CC(OC(=O)C1CCCCC1)(C3)C2. The highest BCUT2D eigenvalue weighted by Gasteiger charge is 2.60. The highest BCUT2D eigenvalue weighted by molar-refractivity contribution is 6.17. The van der Waals surface area contributed by atoms with Crippen molar-refractivity contribution in [3.8, 4) is 0 Å². The first-order chi connectivity index (χ1) is 12.5. The van der Waals surface area contributed by atoms with Crippen molar-refractivity contribution in [3.63, 3.8) is 0 Å². The van der Waals surface area contributed by atoms with E-state index in [0.717, 1.165) is 57.8 Å². The summed E-state index contributed by atoms with van der Waals surface area (Å²) in [5.41, 5.74) is -0.402. The van der Waals surface area contributed by atoms with Crippen molar-refractivity contribution in [1.82, 2.24) is 0 Å². The van der Waals surface area contributed by atoms with E-state index in [1.807, 2.05) is 0 Å². The fourth-order valence-electron chi connectivity index (χ4n) is 6.59. The Balaban J connectivity index is 1.43. The zero-order valence-electron chi connectivity index (χ0n) is 15.3. The van der Waals surface area contributed by atoms with E-state index in [-0.39, 0.29) is 29.0 Å². The first-order valence-corrected chi connectivity index (χ1v) is 10.6. The molecular formula is C20H29ClO5. The van der Waals surface area contributed by atoms with Gasteiger partial charge in [-0.15, -0.1) is 0 Å². The van der Waals surface area contributed by atoms with E-state index in [4.69, 9.17) is 25.8 Å². The topological polar surface area (TPSA) is 61.8 Å². The van der Waals surface area contributed by atoms with Crippen molar-refractivity contribution in [2.45, 2.75) is 76.2 Å². The molecule has 0 aromatic rings. The smallest absolute Gasteiger partial charge is 0.459 e. The van der Waals surface area contributed by atoms with Crippen LogP contribution in [0.3, 0.4) is 0 Å². The number of hydrogen-bond donors (Lipinski definition) is 0. The van der Waals surface area contributed by atoms with Gasteiger partial charge in [-0.2, -0.15) is 0 Å². The molecule has 2 atom stereocenters. The van der Waals surface area contributed by atoms with Crippen LogP contribution in [0.1, 0.15) is 70.6 Å². The predicted octanol–water partition coefficient (Wildman–Crippen LogP) is 4.80. The van der Waals surface area contributed by atoms with Crippen LogP contribution in [0.2, 0.25) is 0 Å². The fraction of sp³-hybridized carbons (Fsp3) is 0.900. The molecule has 0 saturated heterocycles. The first-order valence-electron chi connectivity index (χ1n) is 10.1. The van der Waals surface area contributed by atoms with Gasteiger partial charge in [0.2, 0.25) is 0 Å². The van der Waals surface area contributed by atoms with Crippen molar-refractivity contribution in [2.75, 3.05) is 12.7 Å². The first kappa shape index (κ1) is 18.4. The molecule has 5 nitrogen and oxygen atoms in total. The average Bonchev–Trinajstić information content (AvgIpc) is 2.60. The summed E-state index contributed by atoms with van der Waals surface area (Å²) in [4.78, 5) is 24.4. The molecule has 5 saturated carbocycles. The van der Waals surface area contributed by atoms with Crippen LogP contribution >= 0.6 is 11.6 Å². The molecule has 5 aliphatic rings. The second-order valence-electron chi connectivity index (χ2n) is 9.19. The Morgan fingerprint density at radius 3 is 2.31 bits per heavy atom. The molecule has 0 heterocycles. The Bertz CT molecular complexity index is 542. The van der Waals surface area contributed by atoms with Gasteiger partial charge in [0.05, 0.1) is 5.92 Å². The summed E-state index contributed by atoms with van der Waals surface area (Å²) >= 11 is 5.42. The number of rotatable bonds is 5. The Labute approximate surface area is 160 Å². The van der Waals surface area contributed by atoms with Crippen LogP contribution in [-0.4, -0.2) is 30.4 Å². The predicted molar refractivity (Wildman–Crippen MR) is 95.7 cm³/mol. The molecular weight excluding hydrogens is 356 g/mol. The van der Waals surface area contributed by atoms with Crippen LogP contribution in [0, 0.1) is 23.2 Å². The second kappa shape index (κ2) is 7.21. The van der Waals surface area contributed by atoms with E-state index < -0.39 is 6.16 Å². The van der Waals surface area contributed by atoms with Crippen LogP contribution in [0.4, 0.5) is 4.79 Å². The lowest BCUT2D eigenvalue weighted by Gasteiger charge is -2.61. The van der Waals surface area contributed by atoms with Gasteiger partial charge in [-0.25, -0.2) is 4.79 Å². The third-order valence-corrected chi connectivity index (χ3v) is 7.16. The molecule has 0 aliphatic heterocycles. The lowest BCUT2D eigenvalue weighted by Crippen LogP contribution is -2.59. The summed E-state index contributed by atoms with van der Waals surface area (Å²) in [6, 6.07) is -0.194. The number of carbonyl (C=O) groups is 2. The largest absolute Gasteiger partial charge is 0.509 e. The standard InChI is InChI=1S/C20H29ClO5/c21-13-25-18(23)24-12-19-7-14-6-15(8-19)10-20(9-14,11-19)26-17(22)16-4-2-1-3-5-16/h14-16H,1-13H2. The number of alkyl halides is 1. The van der Waals surface area contributed by atoms with Gasteiger partial charge >= 0.3 is 12.1 Å². The molecule has 5 aliphatic carbocycles. The molecule has 0 spiro atoms. The van der Waals surface area contributed by atoms with Gasteiger partial charge < -0.3 is 14.2 Å². The van der Waals surface area contributed by atoms with Gasteiger partial charge in [-0.3, -0.25) is 4.79 Å². The molecule has 26 heavy (non-hydrogen) atoms. The van der Waals surface area contributed by atoms with Gasteiger partial charge in [0.25, 0.3) is 0 Å². The van der Waals surface area contributed by atoms with Crippen LogP contribution in [0.25, 0.3) is 0 Å². The summed E-state index contributed by atoms with van der Waals surface area (Å²) in [5.74, 6) is 1.25. The van der Waals surface area contributed by atoms with Gasteiger partial charge in [-0.1, -0.05) is 30.9 Å². The maximum atomic E-state index is 12.8. The summed E-state index contributed by atoms with van der Waals surface area (Å²) in [6.45, 7) is 0.346. The van der Waals surface area contributed by atoms with Crippen LogP contribution in [0.5, 0.6) is 0 Å². The summed E-state index contributed by atoms with van der Waals surface area (Å²) in [7, 11) is 0. The van der Waals surface area contributed by atoms with E-state index in [0.29, 0.717) is 18.4 Å². The molecule has 0 aromatic carbocycles. The highest BCUT2D eigenvalue weighted by Crippen LogP contribution is 2.63. The number of hydrogen-bond acceptors (Lipinski definition) is 5. The van der Waals surface area contributed by atoms with Crippen LogP contribution in [0.15, 0.2) is 0 Å². The zero-order chi connectivity index (χ0) is 18.2. The Morgan fingerprint density at radius 1 is 0.962 bits per heavy atom. The fourth-order valence-corrected chi connectivity index (χ4v) is 6.68. The lowest BCUT2D eigenvalue weighted by atomic mass is 9.48. The maximum absolute atomic E-state index is 12.8. The van der Waals surface area contributed by atoms with E-state index in [2.05, 4.69) is 0 Å². The molecule has 146 valence electrons. The molecule has 0 N–H and O–H groups in total. The molecule has 0 aromatic heterocycles. The summed E-state index contributed by atoms with van der Waals surface area (Å²) in [6.07, 6.45) is 10.9. The maximum Gasteiger partial charge on any atom is 0.509 e. The third-order valence-electron chi connectivity index (χ3n) is 7.05. The molecule has 4 bridgehead atoms. The molecule has 5 fully saturated rings. The Kier molecular flexibility index (Phi) is 5.10. The normalized spacial score (nSPS) is 38.8.